The molecule has 0 amide bonds. The van der Waals surface area contributed by atoms with Crippen molar-refractivity contribution in [1.29, 1.82) is 0 Å². The molecule has 4 rings (SSSR count). The van der Waals surface area contributed by atoms with Gasteiger partial charge in [0.05, 0.1) is 6.33 Å². The van der Waals surface area contributed by atoms with Crippen LogP contribution in [-0.2, 0) is 4.74 Å². The van der Waals surface area contributed by atoms with Crippen LogP contribution in [0.4, 0.5) is 10.1 Å². The van der Waals surface area contributed by atoms with Crippen molar-refractivity contribution in [3.05, 3.63) is 36.7 Å². The molecule has 1 aliphatic heterocycles. The van der Waals surface area contributed by atoms with Gasteiger partial charge in [-0.2, -0.15) is 4.98 Å². The smallest absolute Gasteiger partial charge is 0.251 e. The number of halogens is 1. The predicted octanol–water partition coefficient (Wildman–Crippen LogP) is 3.04. The summed E-state index contributed by atoms with van der Waals surface area (Å²) in [5.41, 5.74) is 6.93. The van der Waals surface area contributed by atoms with Gasteiger partial charge in [-0.25, -0.2) is 14.4 Å². The van der Waals surface area contributed by atoms with E-state index >= 15 is 0 Å². The van der Waals surface area contributed by atoms with E-state index in [1.54, 1.807) is 12.4 Å². The third-order valence-electron chi connectivity index (χ3n) is 3.95. The fourth-order valence-electron chi connectivity index (χ4n) is 2.76. The minimum atomic E-state index is -0.559. The summed E-state index contributed by atoms with van der Waals surface area (Å²) in [6.45, 7) is 0.718. The normalized spacial score (nSPS) is 18.0. The van der Waals surface area contributed by atoms with Gasteiger partial charge >= 0.3 is 0 Å². The zero-order valence-electron chi connectivity index (χ0n) is 12.9. The molecule has 3 heterocycles. The Morgan fingerprint density at radius 3 is 2.96 bits per heavy atom. The fraction of sp³-hybridized carbons (Fsp3) is 0.312. The molecule has 1 unspecified atom stereocenters. The van der Waals surface area contributed by atoms with Crippen LogP contribution in [-0.4, -0.2) is 26.1 Å². The molecule has 0 radical (unpaired) electrons. The lowest BCUT2D eigenvalue weighted by Gasteiger charge is -2.23. The van der Waals surface area contributed by atoms with Crippen LogP contribution in [0.25, 0.3) is 11.2 Å². The molecular formula is C16H16FN5O2. The van der Waals surface area contributed by atoms with Gasteiger partial charge in [-0.1, -0.05) is 0 Å². The zero-order valence-corrected chi connectivity index (χ0v) is 12.9. The summed E-state index contributed by atoms with van der Waals surface area (Å²) in [7, 11) is 0. The van der Waals surface area contributed by atoms with Crippen molar-refractivity contribution >= 4 is 16.9 Å². The first-order chi connectivity index (χ1) is 11.7. The van der Waals surface area contributed by atoms with Crippen LogP contribution >= 0.6 is 0 Å². The minimum Gasteiger partial charge on any atom is -0.434 e. The molecule has 8 heteroatoms. The first kappa shape index (κ1) is 14.8. The van der Waals surface area contributed by atoms with E-state index in [-0.39, 0.29) is 17.9 Å². The number of nitrogen functional groups attached to an aromatic ring is 1. The van der Waals surface area contributed by atoms with Crippen molar-refractivity contribution in [2.45, 2.75) is 25.5 Å². The Balaban J connectivity index is 1.70. The molecule has 1 atom stereocenters. The second-order valence-corrected chi connectivity index (χ2v) is 5.62. The highest BCUT2D eigenvalue weighted by atomic mass is 19.1. The quantitative estimate of drug-likeness (QED) is 0.743. The van der Waals surface area contributed by atoms with Gasteiger partial charge in [-0.3, -0.25) is 4.57 Å². The third kappa shape index (κ3) is 2.65. The van der Waals surface area contributed by atoms with Crippen molar-refractivity contribution in [2.75, 3.05) is 12.3 Å². The van der Waals surface area contributed by atoms with E-state index < -0.39 is 5.82 Å². The molecule has 0 aliphatic carbocycles. The number of ether oxygens (including phenoxy) is 2. The second kappa shape index (κ2) is 6.04. The molecule has 24 heavy (non-hydrogen) atoms. The third-order valence-corrected chi connectivity index (χ3v) is 3.95. The zero-order chi connectivity index (χ0) is 16.5. The minimum absolute atomic E-state index is 0.0349. The van der Waals surface area contributed by atoms with Crippen LogP contribution < -0.4 is 10.5 Å². The second-order valence-electron chi connectivity index (χ2n) is 5.62. The molecule has 0 saturated carbocycles. The van der Waals surface area contributed by atoms with E-state index in [9.17, 15) is 4.39 Å². The Morgan fingerprint density at radius 1 is 1.25 bits per heavy atom. The number of rotatable bonds is 3. The predicted molar refractivity (Wildman–Crippen MR) is 85.0 cm³/mol. The van der Waals surface area contributed by atoms with Gasteiger partial charge in [-0.15, -0.1) is 0 Å². The number of aromatic nitrogens is 4. The average molecular weight is 329 g/mol. The van der Waals surface area contributed by atoms with Crippen LogP contribution in [0, 0.1) is 5.82 Å². The van der Waals surface area contributed by atoms with Gasteiger partial charge in [0.25, 0.3) is 5.88 Å². The lowest BCUT2D eigenvalue weighted by molar-refractivity contribution is -0.0298. The van der Waals surface area contributed by atoms with Crippen molar-refractivity contribution < 1.29 is 13.9 Å². The Morgan fingerprint density at radius 2 is 2.17 bits per heavy atom. The molecular weight excluding hydrogens is 313 g/mol. The first-order valence-corrected chi connectivity index (χ1v) is 7.74. The van der Waals surface area contributed by atoms with E-state index in [2.05, 4.69) is 15.0 Å². The summed E-state index contributed by atoms with van der Waals surface area (Å²) < 4.78 is 27.2. The summed E-state index contributed by atoms with van der Waals surface area (Å²) in [5, 5.41) is 0. The summed E-state index contributed by atoms with van der Waals surface area (Å²) in [6, 6.07) is 4.22. The van der Waals surface area contributed by atoms with Crippen LogP contribution in [0.1, 0.15) is 25.5 Å². The summed E-state index contributed by atoms with van der Waals surface area (Å²) in [4.78, 5) is 12.7. The molecule has 124 valence electrons. The Labute approximate surface area is 137 Å². The molecule has 7 nitrogen and oxygen atoms in total. The van der Waals surface area contributed by atoms with Gasteiger partial charge in [0.2, 0.25) is 0 Å². The monoisotopic (exact) mass is 329 g/mol. The van der Waals surface area contributed by atoms with Crippen LogP contribution in [0.3, 0.4) is 0 Å². The SMILES string of the molecule is Nc1ccc(Oc2ncnc3c2ncn3C2CCCCO2)c(F)c1. The largest absolute Gasteiger partial charge is 0.434 e. The van der Waals surface area contributed by atoms with E-state index in [0.29, 0.717) is 16.9 Å². The van der Waals surface area contributed by atoms with Gasteiger partial charge in [-0.05, 0) is 31.4 Å². The fourth-order valence-corrected chi connectivity index (χ4v) is 2.76. The van der Waals surface area contributed by atoms with Crippen LogP contribution in [0.2, 0.25) is 0 Å². The van der Waals surface area contributed by atoms with Gasteiger partial charge in [0, 0.05) is 18.4 Å². The molecule has 3 aromatic rings. The molecule has 2 N–H and O–H groups in total. The molecule has 1 aromatic carbocycles. The lowest BCUT2D eigenvalue weighted by atomic mass is 10.2. The van der Waals surface area contributed by atoms with E-state index in [4.69, 9.17) is 15.2 Å². The molecule has 0 bridgehead atoms. The van der Waals surface area contributed by atoms with Gasteiger partial charge in [0.1, 0.15) is 12.6 Å². The van der Waals surface area contributed by atoms with E-state index in [1.165, 1.54) is 18.5 Å². The lowest BCUT2D eigenvalue weighted by Crippen LogP contribution is -2.17. The number of imidazole rings is 1. The van der Waals surface area contributed by atoms with E-state index in [0.717, 1.165) is 25.9 Å². The van der Waals surface area contributed by atoms with Crippen molar-refractivity contribution in [3.8, 4) is 11.6 Å². The van der Waals surface area contributed by atoms with E-state index in [1.807, 2.05) is 4.57 Å². The van der Waals surface area contributed by atoms with Gasteiger partial charge < -0.3 is 15.2 Å². The average Bonchev–Trinajstić information content (AvgIpc) is 3.03. The highest BCUT2D eigenvalue weighted by Gasteiger charge is 2.21. The molecule has 2 aromatic heterocycles. The number of anilines is 1. The molecule has 1 fully saturated rings. The molecule has 1 aliphatic rings. The number of nitrogens with two attached hydrogens (primary N) is 1. The molecule has 0 spiro atoms. The van der Waals surface area contributed by atoms with Crippen molar-refractivity contribution in [2.24, 2.45) is 0 Å². The van der Waals surface area contributed by atoms with Crippen molar-refractivity contribution in [1.82, 2.24) is 19.5 Å². The maximum atomic E-state index is 13.9. The van der Waals surface area contributed by atoms with Crippen LogP contribution in [0.5, 0.6) is 11.6 Å². The number of fused-ring (bicyclic) bond motifs is 1. The van der Waals surface area contributed by atoms with Crippen LogP contribution in [0.15, 0.2) is 30.9 Å². The Bertz CT molecular complexity index is 876. The standard InChI is InChI=1S/C16H16FN5O2/c17-11-7-10(18)4-5-12(11)24-16-14-15(19-8-20-16)22(9-21-14)13-3-1-2-6-23-13/h4-5,7-9,13H,1-3,6,18H2. The number of nitrogens with zero attached hydrogens (tertiary/aromatic N) is 4. The summed E-state index contributed by atoms with van der Waals surface area (Å²) >= 11 is 0. The Kier molecular flexibility index (Phi) is 3.73. The topological polar surface area (TPSA) is 88.1 Å². The highest BCUT2D eigenvalue weighted by molar-refractivity contribution is 5.76. The highest BCUT2D eigenvalue weighted by Crippen LogP contribution is 2.31. The number of hydrogen-bond donors (Lipinski definition) is 1. The first-order valence-electron chi connectivity index (χ1n) is 7.74. The number of hydrogen-bond acceptors (Lipinski definition) is 6. The summed E-state index contributed by atoms with van der Waals surface area (Å²) in [6.07, 6.45) is 5.98. The Hall–Kier alpha value is -2.74. The van der Waals surface area contributed by atoms with Gasteiger partial charge in [0.15, 0.2) is 22.7 Å². The maximum absolute atomic E-state index is 13.9. The summed E-state index contributed by atoms with van der Waals surface area (Å²) in [5.74, 6) is -0.331. The number of benzene rings is 1. The molecule has 1 saturated heterocycles. The van der Waals surface area contributed by atoms with Crippen molar-refractivity contribution in [3.63, 3.8) is 0 Å². The maximum Gasteiger partial charge on any atom is 0.251 e.